The van der Waals surface area contributed by atoms with Gasteiger partial charge in [0, 0.05) is 23.0 Å². The van der Waals surface area contributed by atoms with E-state index in [2.05, 4.69) is 0 Å². The van der Waals surface area contributed by atoms with Gasteiger partial charge in [0.05, 0.1) is 15.9 Å². The summed E-state index contributed by atoms with van der Waals surface area (Å²) in [5.41, 5.74) is -0.778. The Morgan fingerprint density at radius 2 is 1.65 bits per heavy atom. The normalized spacial score (nSPS) is 9.88. The number of hydrogen-bond acceptors (Lipinski definition) is 6. The molecule has 9 heteroatoms. The lowest BCUT2D eigenvalue weighted by atomic mass is 10.1. The van der Waals surface area contributed by atoms with Gasteiger partial charge in [-0.3, -0.25) is 30.3 Å². The maximum atomic E-state index is 10.7. The number of rotatable bonds is 5. The fraction of sp³-hybridized carbons (Fsp3) is 0.250. The van der Waals surface area contributed by atoms with Gasteiger partial charge in [-0.1, -0.05) is 0 Å². The van der Waals surface area contributed by atoms with E-state index >= 15 is 0 Å². The second-order valence-corrected chi connectivity index (χ2v) is 3.13. The predicted molar refractivity (Wildman–Crippen MR) is 55.3 cm³/mol. The third kappa shape index (κ3) is 3.19. The number of nitro groups is 3. The van der Waals surface area contributed by atoms with Crippen molar-refractivity contribution in [3.63, 3.8) is 0 Å². The molecule has 0 spiro atoms. The average Bonchev–Trinajstić information content (AvgIpc) is 2.25. The summed E-state index contributed by atoms with van der Waals surface area (Å²) in [4.78, 5) is 29.1. The summed E-state index contributed by atoms with van der Waals surface area (Å²) in [6.45, 7) is -0.460. The Balaban J connectivity index is 3.08. The van der Waals surface area contributed by atoms with Crippen molar-refractivity contribution in [3.8, 4) is 0 Å². The van der Waals surface area contributed by atoms with Crippen LogP contribution < -0.4 is 0 Å². The standard InChI is InChI=1S/C8H7N3O6/c12-9(13)4-3-6-1-2-7(10(14)15)5-8(6)11(16)17/h1-2,5H,3-4H2. The highest BCUT2D eigenvalue weighted by Gasteiger charge is 2.20. The third-order valence-corrected chi connectivity index (χ3v) is 2.04. The number of non-ortho nitro benzene ring substituents is 1. The lowest BCUT2D eigenvalue weighted by Gasteiger charge is -2.00. The second-order valence-electron chi connectivity index (χ2n) is 3.13. The SMILES string of the molecule is O=[N+]([O-])CCc1ccc([N+](=O)[O-])cc1[N+](=O)[O-]. The van der Waals surface area contributed by atoms with Gasteiger partial charge in [-0.15, -0.1) is 0 Å². The molecule has 0 N–H and O–H groups in total. The molecule has 0 aliphatic carbocycles. The van der Waals surface area contributed by atoms with Gasteiger partial charge in [-0.2, -0.15) is 0 Å². The number of hydrogen-bond donors (Lipinski definition) is 0. The summed E-state index contributed by atoms with van der Waals surface area (Å²) in [6, 6.07) is 3.05. The highest BCUT2D eigenvalue weighted by molar-refractivity contribution is 5.49. The van der Waals surface area contributed by atoms with Crippen molar-refractivity contribution in [1.82, 2.24) is 0 Å². The van der Waals surface area contributed by atoms with Gasteiger partial charge in [0.1, 0.15) is 0 Å². The smallest absolute Gasteiger partial charge is 0.265 e. The summed E-state index contributed by atoms with van der Waals surface area (Å²) in [6.07, 6.45) is -0.138. The first kappa shape index (κ1) is 12.5. The molecule has 1 aromatic rings. The minimum absolute atomic E-state index is 0.109. The van der Waals surface area contributed by atoms with Crippen LogP contribution in [0.3, 0.4) is 0 Å². The fourth-order valence-corrected chi connectivity index (χ4v) is 1.26. The van der Waals surface area contributed by atoms with Gasteiger partial charge in [0.25, 0.3) is 11.4 Å². The molecule has 1 aromatic carbocycles. The summed E-state index contributed by atoms with van der Waals surface area (Å²) in [7, 11) is 0. The number of nitrogens with zero attached hydrogens (tertiary/aromatic N) is 3. The summed E-state index contributed by atoms with van der Waals surface area (Å²) in [5.74, 6) is 0. The number of nitro benzene ring substituents is 2. The van der Waals surface area contributed by atoms with Crippen LogP contribution in [0.5, 0.6) is 0 Å². The first-order chi connectivity index (χ1) is 7.91. The Labute approximate surface area is 94.1 Å². The van der Waals surface area contributed by atoms with E-state index in [0.717, 1.165) is 12.1 Å². The zero-order chi connectivity index (χ0) is 13.0. The quantitative estimate of drug-likeness (QED) is 0.564. The molecule has 0 fully saturated rings. The molecule has 0 bridgehead atoms. The molecule has 0 saturated heterocycles. The Bertz CT molecular complexity index is 486. The summed E-state index contributed by atoms with van der Waals surface area (Å²) in [5, 5.41) is 31.2. The minimum atomic E-state index is -0.789. The number of benzene rings is 1. The molecule has 0 amide bonds. The molecular weight excluding hydrogens is 234 g/mol. The topological polar surface area (TPSA) is 129 Å². The van der Waals surface area contributed by atoms with Crippen molar-refractivity contribution in [2.24, 2.45) is 0 Å². The van der Waals surface area contributed by atoms with Crippen molar-refractivity contribution >= 4 is 11.4 Å². The molecule has 0 radical (unpaired) electrons. The molecule has 1 rings (SSSR count). The predicted octanol–water partition coefficient (Wildman–Crippen LogP) is 1.32. The molecular formula is C8H7N3O6. The molecule has 9 nitrogen and oxygen atoms in total. The fourth-order valence-electron chi connectivity index (χ4n) is 1.26. The molecule has 0 heterocycles. The largest absolute Gasteiger partial charge is 0.279 e. The average molecular weight is 241 g/mol. The Morgan fingerprint density at radius 1 is 1.00 bits per heavy atom. The minimum Gasteiger partial charge on any atom is -0.265 e. The maximum absolute atomic E-state index is 10.7. The lowest BCUT2D eigenvalue weighted by Crippen LogP contribution is -2.06. The van der Waals surface area contributed by atoms with Gasteiger partial charge in [0.15, 0.2) is 0 Å². The van der Waals surface area contributed by atoms with Crippen LogP contribution in [0.2, 0.25) is 0 Å². The highest BCUT2D eigenvalue weighted by Crippen LogP contribution is 2.24. The second kappa shape index (κ2) is 4.96. The van der Waals surface area contributed by atoms with E-state index < -0.39 is 32.7 Å². The van der Waals surface area contributed by atoms with E-state index in [-0.39, 0.29) is 12.0 Å². The van der Waals surface area contributed by atoms with Gasteiger partial charge < -0.3 is 0 Å². The van der Waals surface area contributed by atoms with Gasteiger partial charge in [0.2, 0.25) is 6.54 Å². The molecule has 0 unspecified atom stereocenters. The third-order valence-electron chi connectivity index (χ3n) is 2.04. The first-order valence-electron chi connectivity index (χ1n) is 4.45. The van der Waals surface area contributed by atoms with Crippen molar-refractivity contribution in [2.45, 2.75) is 6.42 Å². The van der Waals surface area contributed by atoms with Crippen LogP contribution in [0.4, 0.5) is 11.4 Å². The highest BCUT2D eigenvalue weighted by atomic mass is 16.6. The lowest BCUT2D eigenvalue weighted by molar-refractivity contribution is -0.479. The van der Waals surface area contributed by atoms with Gasteiger partial charge in [-0.05, 0) is 6.07 Å². The molecule has 0 atom stereocenters. The van der Waals surface area contributed by atoms with Crippen LogP contribution in [-0.2, 0) is 6.42 Å². The van der Waals surface area contributed by atoms with Crippen LogP contribution in [0, 0.1) is 30.3 Å². The molecule has 0 aliphatic heterocycles. The van der Waals surface area contributed by atoms with Crippen molar-refractivity contribution in [3.05, 3.63) is 54.1 Å². The molecule has 0 aromatic heterocycles. The summed E-state index contributed by atoms with van der Waals surface area (Å²) < 4.78 is 0. The van der Waals surface area contributed by atoms with Crippen LogP contribution >= 0.6 is 0 Å². The molecule has 0 saturated carbocycles. The molecule has 90 valence electrons. The van der Waals surface area contributed by atoms with Crippen LogP contribution in [0.1, 0.15) is 5.56 Å². The van der Waals surface area contributed by atoms with Crippen LogP contribution in [0.25, 0.3) is 0 Å². The Kier molecular flexibility index (Phi) is 3.65. The van der Waals surface area contributed by atoms with Crippen LogP contribution in [0.15, 0.2) is 18.2 Å². The van der Waals surface area contributed by atoms with Crippen molar-refractivity contribution in [1.29, 1.82) is 0 Å². The van der Waals surface area contributed by atoms with Gasteiger partial charge >= 0.3 is 0 Å². The van der Waals surface area contributed by atoms with Crippen molar-refractivity contribution < 1.29 is 14.8 Å². The van der Waals surface area contributed by atoms with Crippen LogP contribution in [-0.4, -0.2) is 21.3 Å². The molecule has 0 aliphatic rings. The van der Waals surface area contributed by atoms with Gasteiger partial charge in [-0.25, -0.2) is 0 Å². The van der Waals surface area contributed by atoms with E-state index in [1.54, 1.807) is 0 Å². The van der Waals surface area contributed by atoms with Crippen molar-refractivity contribution in [2.75, 3.05) is 6.54 Å². The zero-order valence-corrected chi connectivity index (χ0v) is 8.44. The summed E-state index contributed by atoms with van der Waals surface area (Å²) >= 11 is 0. The Hall–Kier alpha value is -2.58. The first-order valence-corrected chi connectivity index (χ1v) is 4.45. The van der Waals surface area contributed by atoms with E-state index in [1.165, 1.54) is 6.07 Å². The maximum Gasteiger partial charge on any atom is 0.279 e. The van der Waals surface area contributed by atoms with E-state index in [4.69, 9.17) is 0 Å². The monoisotopic (exact) mass is 241 g/mol. The van der Waals surface area contributed by atoms with E-state index in [1.807, 2.05) is 0 Å². The molecule has 17 heavy (non-hydrogen) atoms. The Morgan fingerprint density at radius 3 is 2.12 bits per heavy atom. The zero-order valence-electron chi connectivity index (χ0n) is 8.44. The van der Waals surface area contributed by atoms with E-state index in [0.29, 0.717) is 0 Å². The van der Waals surface area contributed by atoms with E-state index in [9.17, 15) is 30.3 Å².